The Morgan fingerprint density at radius 3 is 1.18 bits per heavy atom. The third kappa shape index (κ3) is 4.12. The summed E-state index contributed by atoms with van der Waals surface area (Å²) in [6, 6.07) is 27.9. The van der Waals surface area contributed by atoms with Crippen molar-refractivity contribution < 1.29 is 19.8 Å². The number of hydrogen-bond donors (Lipinski definition) is 4. The lowest BCUT2D eigenvalue weighted by Crippen LogP contribution is -2.13. The molecule has 0 aliphatic rings. The molecule has 5 aromatic carbocycles. The van der Waals surface area contributed by atoms with E-state index >= 15 is 0 Å². The molecule has 0 saturated carbocycles. The molecule has 0 radical (unpaired) electrons. The molecule has 166 valence electrons. The van der Waals surface area contributed by atoms with Crippen LogP contribution >= 0.6 is 0 Å². The molecule has 4 N–H and O–H groups in total. The molecule has 5 rings (SSSR count). The SMILES string of the molecule is O=C(Nc1ccc(NC(=O)c2cc3ccccc3cc2O)cc1)c1cc2ccccc2cc1O. The molecule has 0 unspecified atom stereocenters. The maximum atomic E-state index is 12.7. The van der Waals surface area contributed by atoms with Crippen LogP contribution < -0.4 is 10.6 Å². The number of nitrogens with one attached hydrogen (secondary N) is 2. The maximum Gasteiger partial charge on any atom is 0.259 e. The van der Waals surface area contributed by atoms with Crippen LogP contribution in [0.1, 0.15) is 20.7 Å². The van der Waals surface area contributed by atoms with Gasteiger partial charge >= 0.3 is 0 Å². The van der Waals surface area contributed by atoms with Crippen molar-refractivity contribution in [3.63, 3.8) is 0 Å². The number of anilines is 2. The lowest BCUT2D eigenvalue weighted by atomic mass is 10.1. The van der Waals surface area contributed by atoms with Crippen molar-refractivity contribution in [1.82, 2.24) is 0 Å². The molecule has 0 aromatic heterocycles. The Morgan fingerprint density at radius 2 is 0.824 bits per heavy atom. The molecule has 0 saturated heterocycles. The number of phenolic OH excluding ortho intramolecular Hbond substituents is 2. The van der Waals surface area contributed by atoms with Gasteiger partial charge in [0.2, 0.25) is 0 Å². The number of aromatic hydroxyl groups is 2. The summed E-state index contributed by atoms with van der Waals surface area (Å²) in [5.41, 5.74) is 1.35. The van der Waals surface area contributed by atoms with Gasteiger partial charge in [0.05, 0.1) is 11.1 Å². The summed E-state index contributed by atoms with van der Waals surface area (Å²) in [6.07, 6.45) is 0. The molecular formula is C28H20N2O4. The Morgan fingerprint density at radius 1 is 0.500 bits per heavy atom. The van der Waals surface area contributed by atoms with Crippen LogP contribution in [0.3, 0.4) is 0 Å². The van der Waals surface area contributed by atoms with Crippen molar-refractivity contribution in [2.45, 2.75) is 0 Å². The van der Waals surface area contributed by atoms with Crippen LogP contribution in [-0.2, 0) is 0 Å². The number of fused-ring (bicyclic) bond motifs is 2. The minimum atomic E-state index is -0.443. The van der Waals surface area contributed by atoms with E-state index in [1.807, 2.05) is 48.5 Å². The van der Waals surface area contributed by atoms with Gasteiger partial charge in [-0.05, 0) is 70.1 Å². The first-order chi connectivity index (χ1) is 16.5. The van der Waals surface area contributed by atoms with E-state index in [9.17, 15) is 19.8 Å². The number of amides is 2. The molecule has 0 bridgehead atoms. The van der Waals surface area contributed by atoms with E-state index in [0.29, 0.717) is 11.4 Å². The van der Waals surface area contributed by atoms with Crippen molar-refractivity contribution >= 4 is 44.7 Å². The zero-order valence-corrected chi connectivity index (χ0v) is 17.9. The second-order valence-electron chi connectivity index (χ2n) is 7.92. The summed E-state index contributed by atoms with van der Waals surface area (Å²) in [7, 11) is 0. The number of carbonyl (C=O) groups is 2. The number of rotatable bonds is 4. The Balaban J connectivity index is 1.30. The van der Waals surface area contributed by atoms with Crippen LogP contribution in [-0.4, -0.2) is 22.0 Å². The Hall–Kier alpha value is -4.84. The van der Waals surface area contributed by atoms with Gasteiger partial charge in [0.25, 0.3) is 11.8 Å². The first-order valence-corrected chi connectivity index (χ1v) is 10.6. The fourth-order valence-corrected chi connectivity index (χ4v) is 3.85. The molecule has 2 amide bonds. The number of carbonyl (C=O) groups excluding carboxylic acids is 2. The van der Waals surface area contributed by atoms with Crippen molar-refractivity contribution in [1.29, 1.82) is 0 Å². The van der Waals surface area contributed by atoms with Gasteiger partial charge in [-0.1, -0.05) is 48.5 Å². The van der Waals surface area contributed by atoms with Gasteiger partial charge in [-0.25, -0.2) is 0 Å². The molecule has 6 heteroatoms. The normalized spacial score (nSPS) is 10.8. The van der Waals surface area contributed by atoms with Crippen molar-refractivity contribution in [2.75, 3.05) is 10.6 Å². The summed E-state index contributed by atoms with van der Waals surface area (Å²) in [5, 5.41) is 29.4. The lowest BCUT2D eigenvalue weighted by molar-refractivity contribution is 0.101. The molecule has 0 aliphatic heterocycles. The third-order valence-electron chi connectivity index (χ3n) is 5.62. The molecule has 34 heavy (non-hydrogen) atoms. The number of hydrogen-bond acceptors (Lipinski definition) is 4. The van der Waals surface area contributed by atoms with Crippen LogP contribution in [0, 0.1) is 0 Å². The molecule has 0 aliphatic carbocycles. The zero-order chi connectivity index (χ0) is 23.7. The van der Waals surface area contributed by atoms with E-state index in [-0.39, 0.29) is 22.6 Å². The highest BCUT2D eigenvalue weighted by atomic mass is 16.3. The summed E-state index contributed by atoms with van der Waals surface area (Å²) >= 11 is 0. The van der Waals surface area contributed by atoms with Gasteiger partial charge in [0.1, 0.15) is 11.5 Å². The Bertz CT molecular complexity index is 1440. The lowest BCUT2D eigenvalue weighted by Gasteiger charge is -2.11. The predicted molar refractivity (Wildman–Crippen MR) is 134 cm³/mol. The van der Waals surface area contributed by atoms with Gasteiger partial charge in [0.15, 0.2) is 0 Å². The molecule has 5 aromatic rings. The highest BCUT2D eigenvalue weighted by molar-refractivity contribution is 6.10. The minimum absolute atomic E-state index is 0.102. The second kappa shape index (κ2) is 8.60. The maximum absolute atomic E-state index is 12.7. The first-order valence-electron chi connectivity index (χ1n) is 10.6. The third-order valence-corrected chi connectivity index (χ3v) is 5.62. The van der Waals surface area contributed by atoms with E-state index in [2.05, 4.69) is 10.6 Å². The van der Waals surface area contributed by atoms with E-state index in [4.69, 9.17) is 0 Å². The smallest absolute Gasteiger partial charge is 0.259 e. The van der Waals surface area contributed by atoms with Crippen molar-refractivity contribution in [2.24, 2.45) is 0 Å². The predicted octanol–water partition coefficient (Wildman–Crippen LogP) is 5.91. The fourth-order valence-electron chi connectivity index (χ4n) is 3.85. The largest absolute Gasteiger partial charge is 0.507 e. The molecule has 0 fully saturated rings. The molecular weight excluding hydrogens is 428 g/mol. The number of phenols is 2. The van der Waals surface area contributed by atoms with Gasteiger partial charge in [-0.15, -0.1) is 0 Å². The number of benzene rings is 5. The van der Waals surface area contributed by atoms with Gasteiger partial charge in [0, 0.05) is 11.4 Å². The highest BCUT2D eigenvalue weighted by Crippen LogP contribution is 2.27. The van der Waals surface area contributed by atoms with Crippen LogP contribution in [0.5, 0.6) is 11.5 Å². The first kappa shape index (κ1) is 21.0. The average Bonchev–Trinajstić information content (AvgIpc) is 2.84. The minimum Gasteiger partial charge on any atom is -0.507 e. The summed E-state index contributed by atoms with van der Waals surface area (Å²) in [5.74, 6) is -1.09. The highest BCUT2D eigenvalue weighted by Gasteiger charge is 2.15. The quantitative estimate of drug-likeness (QED) is 0.275. The monoisotopic (exact) mass is 448 g/mol. The average molecular weight is 448 g/mol. The van der Waals surface area contributed by atoms with Crippen LogP contribution in [0.25, 0.3) is 21.5 Å². The standard InChI is InChI=1S/C28H20N2O4/c31-25-15-19-7-3-1-5-17(19)13-23(25)27(33)29-21-9-11-22(12-10-21)30-28(34)24-14-18-6-2-4-8-20(18)16-26(24)32/h1-16,31-32H,(H,29,33)(H,30,34). The van der Waals surface area contributed by atoms with Crippen molar-refractivity contribution in [3.05, 3.63) is 108 Å². The fraction of sp³-hybridized carbons (Fsp3) is 0. The van der Waals surface area contributed by atoms with E-state index < -0.39 is 11.8 Å². The summed E-state index contributed by atoms with van der Waals surface area (Å²) < 4.78 is 0. The summed E-state index contributed by atoms with van der Waals surface area (Å²) in [6.45, 7) is 0. The molecule has 0 atom stereocenters. The molecule has 0 heterocycles. The topological polar surface area (TPSA) is 98.7 Å². The van der Waals surface area contributed by atoms with Crippen LogP contribution in [0.15, 0.2) is 97.1 Å². The van der Waals surface area contributed by atoms with Crippen molar-refractivity contribution in [3.8, 4) is 11.5 Å². The van der Waals surface area contributed by atoms with E-state index in [1.165, 1.54) is 0 Å². The second-order valence-corrected chi connectivity index (χ2v) is 7.92. The summed E-state index contributed by atoms with van der Waals surface area (Å²) in [4.78, 5) is 25.4. The van der Waals surface area contributed by atoms with Gasteiger partial charge < -0.3 is 20.8 Å². The molecule has 0 spiro atoms. The zero-order valence-electron chi connectivity index (χ0n) is 17.9. The molecule has 6 nitrogen and oxygen atoms in total. The van der Waals surface area contributed by atoms with E-state index in [1.54, 1.807) is 48.5 Å². The Kier molecular flexibility index (Phi) is 5.32. The van der Waals surface area contributed by atoms with Gasteiger partial charge in [-0.2, -0.15) is 0 Å². The van der Waals surface area contributed by atoms with Gasteiger partial charge in [-0.3, -0.25) is 9.59 Å². The Labute approximate surface area is 195 Å². The van der Waals surface area contributed by atoms with Crippen LogP contribution in [0.2, 0.25) is 0 Å². The van der Waals surface area contributed by atoms with E-state index in [0.717, 1.165) is 21.5 Å². The van der Waals surface area contributed by atoms with Crippen LogP contribution in [0.4, 0.5) is 11.4 Å².